The number of ketones is 1. The average molecular weight is 447 g/mol. The summed E-state index contributed by atoms with van der Waals surface area (Å²) < 4.78 is 0.193. The van der Waals surface area contributed by atoms with Crippen molar-refractivity contribution >= 4 is 18.2 Å². The number of unbranched alkanes of at least 4 members (excludes halogenated alkanes) is 2. The third kappa shape index (κ3) is 6.56. The van der Waals surface area contributed by atoms with Gasteiger partial charge in [-0.1, -0.05) is 38.5 Å². The fraction of sp³-hybridized carbons (Fsp3) is 0.850. The standard InChI is InChI=1S/C20H33NO4.Mo/c22-17-20(12-4-5-13-20)11-3-1-9-18(23)10-2-6-14-21(19(24)25)15-7-8-16-21;/h1-16H2,(H,24,25);. The van der Waals surface area contributed by atoms with Gasteiger partial charge in [-0.3, -0.25) is 11.1 Å². The molecule has 2 aliphatic rings. The number of carbonyl (C=O) groups is 2. The third-order valence-electron chi connectivity index (χ3n) is 6.26. The zero-order chi connectivity index (χ0) is 18.2. The number of hydrogen-bond acceptors (Lipinski definition) is 3. The van der Waals surface area contributed by atoms with Crippen LogP contribution in [0.3, 0.4) is 0 Å². The number of quaternary nitrogens is 1. The molecule has 5 nitrogen and oxygen atoms in total. The molecule has 1 aliphatic heterocycles. The van der Waals surface area contributed by atoms with E-state index in [-0.39, 0.29) is 36.7 Å². The van der Waals surface area contributed by atoms with Crippen molar-refractivity contribution in [2.45, 2.75) is 83.5 Å². The van der Waals surface area contributed by atoms with Gasteiger partial charge in [0.25, 0.3) is 0 Å². The molecule has 0 spiro atoms. The van der Waals surface area contributed by atoms with Crippen molar-refractivity contribution in [3.63, 3.8) is 0 Å². The Hall–Kier alpha value is -0.542. The average Bonchev–Trinajstić information content (AvgIpc) is 3.26. The topological polar surface area (TPSA) is 71.4 Å². The Morgan fingerprint density at radius 1 is 0.923 bits per heavy atom. The summed E-state index contributed by atoms with van der Waals surface area (Å²) in [5, 5.41) is 9.42. The molecule has 148 valence electrons. The normalized spacial score (nSPS) is 20.5. The Morgan fingerprint density at radius 3 is 2.04 bits per heavy atom. The van der Waals surface area contributed by atoms with Gasteiger partial charge in [0.1, 0.15) is 5.78 Å². The summed E-state index contributed by atoms with van der Waals surface area (Å²) in [5.41, 5.74) is -0.215. The molecule has 1 heterocycles. The van der Waals surface area contributed by atoms with Crippen LogP contribution in [0, 0.1) is 5.41 Å². The minimum atomic E-state index is -0.711. The van der Waals surface area contributed by atoms with Crippen molar-refractivity contribution in [2.24, 2.45) is 5.41 Å². The number of amides is 1. The fourth-order valence-electron chi connectivity index (χ4n) is 4.55. The molecule has 0 radical (unpaired) electrons. The Balaban J connectivity index is 0.00000338. The largest absolute Gasteiger partial charge is 0.541 e. The van der Waals surface area contributed by atoms with Gasteiger partial charge in [0.05, 0.1) is 19.6 Å². The molecule has 0 bridgehead atoms. The summed E-state index contributed by atoms with van der Waals surface area (Å²) in [7, 11) is 0. The zero-order valence-electron chi connectivity index (χ0n) is 15.8. The van der Waals surface area contributed by atoms with Crippen molar-refractivity contribution in [1.29, 1.82) is 0 Å². The van der Waals surface area contributed by atoms with Gasteiger partial charge in [0, 0.05) is 46.7 Å². The predicted octanol–water partition coefficient (Wildman–Crippen LogP) is 4.24. The molecule has 6 heteroatoms. The molecule has 0 aromatic heterocycles. The summed E-state index contributed by atoms with van der Waals surface area (Å²) in [6.45, 7) is 2.12. The smallest absolute Gasteiger partial charge is 0.513 e. The van der Waals surface area contributed by atoms with Gasteiger partial charge < -0.3 is 9.90 Å². The molecule has 1 amide bonds. The summed E-state index contributed by atoms with van der Waals surface area (Å²) >= 11 is 0. The van der Waals surface area contributed by atoms with E-state index in [0.29, 0.717) is 19.4 Å². The molecule has 1 N–H and O–H groups in total. The maximum Gasteiger partial charge on any atom is 0.513 e. The van der Waals surface area contributed by atoms with E-state index < -0.39 is 6.09 Å². The van der Waals surface area contributed by atoms with Crippen LogP contribution in [-0.4, -0.2) is 47.4 Å². The first-order valence-corrected chi connectivity index (χ1v) is 10.0. The van der Waals surface area contributed by atoms with Crippen molar-refractivity contribution in [1.82, 2.24) is 0 Å². The summed E-state index contributed by atoms with van der Waals surface area (Å²) in [4.78, 5) is 34.6. The van der Waals surface area contributed by atoms with E-state index in [4.69, 9.17) is 0 Å². The van der Waals surface area contributed by atoms with Crippen LogP contribution in [0.4, 0.5) is 4.79 Å². The summed E-state index contributed by atoms with van der Waals surface area (Å²) in [5.74, 6) is 0.277. The van der Waals surface area contributed by atoms with Gasteiger partial charge in [-0.05, 0) is 19.3 Å². The second-order valence-corrected chi connectivity index (χ2v) is 8.10. The predicted molar refractivity (Wildman–Crippen MR) is 96.0 cm³/mol. The number of rotatable bonds is 11. The Kier molecular flexibility index (Phi) is 10.2. The van der Waals surface area contributed by atoms with Crippen LogP contribution in [0.5, 0.6) is 0 Å². The van der Waals surface area contributed by atoms with Crippen LogP contribution < -0.4 is 0 Å². The Bertz CT molecular complexity index is 468. The minimum absolute atomic E-state index is 0. The molecule has 2 rings (SSSR count). The monoisotopic (exact) mass is 449 g/mol. The molecular weight excluding hydrogens is 414 g/mol. The maximum atomic E-state index is 12.0. The van der Waals surface area contributed by atoms with Crippen molar-refractivity contribution < 1.29 is 45.0 Å². The first kappa shape index (κ1) is 23.5. The van der Waals surface area contributed by atoms with Gasteiger partial charge >= 0.3 is 6.09 Å². The molecule has 1 saturated heterocycles. The van der Waals surface area contributed by atoms with Crippen LogP contribution >= 0.6 is 0 Å². The molecule has 0 aromatic rings. The number of carbonyl (C=O) groups excluding carboxylic acids is 2. The Labute approximate surface area is 171 Å². The van der Waals surface area contributed by atoms with E-state index in [1.54, 1.807) is 0 Å². The van der Waals surface area contributed by atoms with Crippen LogP contribution in [0.15, 0.2) is 0 Å². The van der Waals surface area contributed by atoms with E-state index in [0.717, 1.165) is 83.7 Å². The number of nitrogens with zero attached hydrogens (tertiary/aromatic N) is 1. The third-order valence-corrected chi connectivity index (χ3v) is 6.26. The van der Waals surface area contributed by atoms with Crippen LogP contribution in [0.1, 0.15) is 83.5 Å². The summed E-state index contributed by atoms with van der Waals surface area (Å²) in [6, 6.07) is 0. The van der Waals surface area contributed by atoms with E-state index in [1.807, 2.05) is 0 Å². The van der Waals surface area contributed by atoms with Crippen LogP contribution in [0.2, 0.25) is 0 Å². The molecule has 2 fully saturated rings. The Morgan fingerprint density at radius 2 is 1.50 bits per heavy atom. The fourth-order valence-corrected chi connectivity index (χ4v) is 4.55. The first-order chi connectivity index (χ1) is 12.0. The first-order valence-electron chi connectivity index (χ1n) is 10.0. The second kappa shape index (κ2) is 11.3. The van der Waals surface area contributed by atoms with Crippen molar-refractivity contribution in [3.8, 4) is 0 Å². The van der Waals surface area contributed by atoms with Crippen molar-refractivity contribution in [2.75, 3.05) is 19.6 Å². The molecule has 0 atom stereocenters. The van der Waals surface area contributed by atoms with Gasteiger partial charge in [-0.25, -0.2) is 4.48 Å². The van der Waals surface area contributed by atoms with Gasteiger partial charge in [-0.2, -0.15) is 4.79 Å². The van der Waals surface area contributed by atoms with Crippen LogP contribution in [0.25, 0.3) is 0 Å². The molecular formula is C20H33MoNO4. The molecule has 1 saturated carbocycles. The number of hydrogen-bond donors (Lipinski definition) is 1. The van der Waals surface area contributed by atoms with Gasteiger partial charge in [0.15, 0.2) is 0 Å². The quantitative estimate of drug-likeness (QED) is 0.223. The molecule has 0 unspecified atom stereocenters. The van der Waals surface area contributed by atoms with Crippen LogP contribution in [-0.2, 0) is 30.7 Å². The number of likely N-dealkylation sites (tertiary alicyclic amines) is 1. The van der Waals surface area contributed by atoms with E-state index in [2.05, 4.69) is 6.29 Å². The van der Waals surface area contributed by atoms with Gasteiger partial charge in [0.2, 0.25) is 0 Å². The SMILES string of the molecule is O=[C-]C1(CCCCC(=O)CCCC[N+]2(C(=O)O)CCCC2)CCCC1.[Mo]. The minimum Gasteiger partial charge on any atom is -0.541 e. The van der Waals surface area contributed by atoms with E-state index >= 15 is 0 Å². The molecule has 1 aliphatic carbocycles. The van der Waals surface area contributed by atoms with Gasteiger partial charge in [-0.15, -0.1) is 5.41 Å². The maximum absolute atomic E-state index is 12.0. The second-order valence-electron chi connectivity index (χ2n) is 8.10. The molecule has 26 heavy (non-hydrogen) atoms. The molecule has 0 aromatic carbocycles. The number of Topliss-reactive ketones (excluding diaryl/α,β-unsaturated/α-hetero) is 1. The number of carboxylic acid groups (broad SMARTS) is 1. The van der Waals surface area contributed by atoms with E-state index in [1.165, 1.54) is 0 Å². The summed E-state index contributed by atoms with van der Waals surface area (Å²) in [6.07, 6.45) is 13.1. The zero-order valence-corrected chi connectivity index (χ0v) is 17.8. The van der Waals surface area contributed by atoms with E-state index in [9.17, 15) is 19.5 Å². The van der Waals surface area contributed by atoms with Crippen molar-refractivity contribution in [3.05, 3.63) is 0 Å².